The number of benzene rings is 2. The van der Waals surface area contributed by atoms with Gasteiger partial charge < -0.3 is 9.64 Å². The van der Waals surface area contributed by atoms with Crippen LogP contribution in [0.4, 0.5) is 0 Å². The minimum absolute atomic E-state index is 0.0223. The predicted octanol–water partition coefficient (Wildman–Crippen LogP) is 3.50. The first-order valence-electron chi connectivity index (χ1n) is 9.21. The van der Waals surface area contributed by atoms with Gasteiger partial charge in [-0.2, -0.15) is 5.10 Å². The van der Waals surface area contributed by atoms with Gasteiger partial charge in [-0.05, 0) is 67.3 Å². The quantitative estimate of drug-likeness (QED) is 0.597. The van der Waals surface area contributed by atoms with E-state index in [0.29, 0.717) is 16.3 Å². The number of ether oxygens (including phenoxy) is 1. The summed E-state index contributed by atoms with van der Waals surface area (Å²) in [7, 11) is 0. The number of carbonyl (C=O) groups excluding carboxylic acids is 2. The van der Waals surface area contributed by atoms with E-state index in [0.717, 1.165) is 31.5 Å². The Bertz CT molecular complexity index is 846. The van der Waals surface area contributed by atoms with E-state index in [1.54, 1.807) is 48.5 Å². The van der Waals surface area contributed by atoms with E-state index >= 15 is 0 Å². The normalized spacial score (nSPS) is 14.1. The third-order valence-electron chi connectivity index (χ3n) is 4.42. The van der Waals surface area contributed by atoms with E-state index in [9.17, 15) is 9.59 Å². The van der Waals surface area contributed by atoms with Gasteiger partial charge in [-0.25, -0.2) is 5.43 Å². The zero-order valence-electron chi connectivity index (χ0n) is 15.4. The second-order valence-corrected chi connectivity index (χ2v) is 6.95. The molecule has 2 aromatic carbocycles. The number of rotatable bonds is 6. The molecule has 28 heavy (non-hydrogen) atoms. The number of halogens is 1. The molecule has 1 heterocycles. The van der Waals surface area contributed by atoms with Gasteiger partial charge >= 0.3 is 0 Å². The summed E-state index contributed by atoms with van der Waals surface area (Å²) in [4.78, 5) is 25.9. The minimum Gasteiger partial charge on any atom is -0.484 e. The molecule has 0 unspecified atom stereocenters. The molecule has 0 bridgehead atoms. The molecule has 7 heteroatoms. The molecule has 0 saturated carbocycles. The first kappa shape index (κ1) is 19.9. The molecular weight excluding hydrogens is 378 g/mol. The molecule has 0 spiro atoms. The van der Waals surface area contributed by atoms with Crippen LogP contribution in [0.2, 0.25) is 5.02 Å². The zero-order valence-corrected chi connectivity index (χ0v) is 16.2. The average Bonchev–Trinajstić information content (AvgIpc) is 2.73. The Kier molecular flexibility index (Phi) is 7.03. The van der Waals surface area contributed by atoms with Crippen LogP contribution in [0.5, 0.6) is 5.75 Å². The lowest BCUT2D eigenvalue weighted by Crippen LogP contribution is -2.38. The summed E-state index contributed by atoms with van der Waals surface area (Å²) < 4.78 is 5.57. The maximum Gasteiger partial charge on any atom is 0.271 e. The van der Waals surface area contributed by atoms with Gasteiger partial charge in [0.15, 0.2) is 6.61 Å². The topological polar surface area (TPSA) is 71.0 Å². The summed E-state index contributed by atoms with van der Waals surface area (Å²) in [6.07, 6.45) is 4.85. The number of hydrogen-bond donors (Lipinski definition) is 1. The summed E-state index contributed by atoms with van der Waals surface area (Å²) in [6, 6.07) is 13.8. The van der Waals surface area contributed by atoms with Crippen LogP contribution in [-0.4, -0.2) is 42.6 Å². The standard InChI is InChI=1S/C21H22ClN3O3/c22-18-6-4-5-17(13-18)21(27)24-23-14-16-7-9-19(10-8-16)28-15-20(26)25-11-2-1-3-12-25/h4-10,13-14H,1-3,11-12,15H2,(H,24,27)/b23-14-. The van der Waals surface area contributed by atoms with E-state index in [2.05, 4.69) is 10.5 Å². The fraction of sp³-hybridized carbons (Fsp3) is 0.286. The van der Waals surface area contributed by atoms with Crippen molar-refractivity contribution in [2.24, 2.45) is 5.10 Å². The molecule has 2 aromatic rings. The number of piperidine rings is 1. The summed E-state index contributed by atoms with van der Waals surface area (Å²) in [5.74, 6) is 0.300. The highest BCUT2D eigenvalue weighted by atomic mass is 35.5. The number of likely N-dealkylation sites (tertiary alicyclic amines) is 1. The molecule has 0 aromatic heterocycles. The molecule has 0 aliphatic carbocycles. The third-order valence-corrected chi connectivity index (χ3v) is 4.65. The fourth-order valence-electron chi connectivity index (χ4n) is 2.89. The third kappa shape index (κ3) is 5.82. The highest BCUT2D eigenvalue weighted by molar-refractivity contribution is 6.30. The van der Waals surface area contributed by atoms with Crippen LogP contribution < -0.4 is 10.2 Å². The van der Waals surface area contributed by atoms with E-state index in [4.69, 9.17) is 16.3 Å². The van der Waals surface area contributed by atoms with Crippen molar-refractivity contribution >= 4 is 29.6 Å². The molecule has 3 rings (SSSR count). The molecular formula is C21H22ClN3O3. The van der Waals surface area contributed by atoms with E-state index in [1.165, 1.54) is 12.6 Å². The minimum atomic E-state index is -0.338. The Balaban J connectivity index is 1.46. The molecule has 0 atom stereocenters. The van der Waals surface area contributed by atoms with Crippen molar-refractivity contribution in [2.45, 2.75) is 19.3 Å². The Morgan fingerprint density at radius 2 is 1.86 bits per heavy atom. The SMILES string of the molecule is O=C(N/N=C\c1ccc(OCC(=O)N2CCCCC2)cc1)c1cccc(Cl)c1. The van der Waals surface area contributed by atoms with Crippen molar-refractivity contribution < 1.29 is 14.3 Å². The first-order valence-corrected chi connectivity index (χ1v) is 9.59. The van der Waals surface area contributed by atoms with Crippen molar-refractivity contribution in [1.29, 1.82) is 0 Å². The second-order valence-electron chi connectivity index (χ2n) is 6.51. The van der Waals surface area contributed by atoms with Gasteiger partial charge in [0.1, 0.15) is 5.75 Å². The molecule has 6 nitrogen and oxygen atoms in total. The predicted molar refractivity (Wildman–Crippen MR) is 109 cm³/mol. The number of amides is 2. The summed E-state index contributed by atoms with van der Waals surface area (Å²) >= 11 is 5.87. The van der Waals surface area contributed by atoms with Crippen molar-refractivity contribution in [1.82, 2.24) is 10.3 Å². The van der Waals surface area contributed by atoms with Crippen LogP contribution in [-0.2, 0) is 4.79 Å². The average molecular weight is 400 g/mol. The van der Waals surface area contributed by atoms with E-state index in [-0.39, 0.29) is 18.4 Å². The lowest BCUT2D eigenvalue weighted by atomic mass is 10.1. The lowest BCUT2D eigenvalue weighted by Gasteiger charge is -2.26. The monoisotopic (exact) mass is 399 g/mol. The highest BCUT2D eigenvalue weighted by Gasteiger charge is 2.16. The van der Waals surface area contributed by atoms with Gasteiger partial charge in [-0.1, -0.05) is 17.7 Å². The van der Waals surface area contributed by atoms with Crippen molar-refractivity contribution in [3.63, 3.8) is 0 Å². The molecule has 1 aliphatic rings. The van der Waals surface area contributed by atoms with Crippen LogP contribution in [0.3, 0.4) is 0 Å². The number of nitrogens with zero attached hydrogens (tertiary/aromatic N) is 2. The summed E-state index contributed by atoms with van der Waals surface area (Å²) in [6.45, 7) is 1.68. The molecule has 1 saturated heterocycles. The van der Waals surface area contributed by atoms with Crippen LogP contribution in [0.1, 0.15) is 35.2 Å². The number of hydrazone groups is 1. The Hall–Kier alpha value is -2.86. The molecule has 0 radical (unpaired) electrons. The number of carbonyl (C=O) groups is 2. The van der Waals surface area contributed by atoms with E-state index in [1.807, 2.05) is 4.90 Å². The summed E-state index contributed by atoms with van der Waals surface area (Å²) in [5.41, 5.74) is 3.69. The van der Waals surface area contributed by atoms with Gasteiger partial charge in [-0.15, -0.1) is 0 Å². The van der Waals surface area contributed by atoms with Gasteiger partial charge in [0.2, 0.25) is 0 Å². The zero-order chi connectivity index (χ0) is 19.8. The number of nitrogens with one attached hydrogen (secondary N) is 1. The van der Waals surface area contributed by atoms with Crippen molar-refractivity contribution in [3.05, 3.63) is 64.7 Å². The number of hydrogen-bond acceptors (Lipinski definition) is 4. The molecule has 1 fully saturated rings. The Morgan fingerprint density at radius 1 is 1.11 bits per heavy atom. The van der Waals surface area contributed by atoms with Gasteiger partial charge in [0, 0.05) is 23.7 Å². The van der Waals surface area contributed by atoms with Gasteiger partial charge in [0.25, 0.3) is 11.8 Å². The van der Waals surface area contributed by atoms with Crippen LogP contribution in [0.15, 0.2) is 53.6 Å². The fourth-order valence-corrected chi connectivity index (χ4v) is 3.08. The molecule has 2 amide bonds. The smallest absolute Gasteiger partial charge is 0.271 e. The van der Waals surface area contributed by atoms with Crippen LogP contribution in [0, 0.1) is 0 Å². The van der Waals surface area contributed by atoms with E-state index < -0.39 is 0 Å². The maximum atomic E-state index is 12.1. The Labute approximate surface area is 169 Å². The molecule has 1 aliphatic heterocycles. The van der Waals surface area contributed by atoms with Gasteiger partial charge in [-0.3, -0.25) is 9.59 Å². The molecule has 1 N–H and O–H groups in total. The largest absolute Gasteiger partial charge is 0.484 e. The highest BCUT2D eigenvalue weighted by Crippen LogP contribution is 2.13. The first-order chi connectivity index (χ1) is 13.6. The van der Waals surface area contributed by atoms with Crippen molar-refractivity contribution in [2.75, 3.05) is 19.7 Å². The summed E-state index contributed by atoms with van der Waals surface area (Å²) in [5, 5.41) is 4.44. The molecule has 146 valence electrons. The van der Waals surface area contributed by atoms with Gasteiger partial charge in [0.05, 0.1) is 6.21 Å². The Morgan fingerprint density at radius 3 is 2.57 bits per heavy atom. The maximum absolute atomic E-state index is 12.1. The van der Waals surface area contributed by atoms with Crippen molar-refractivity contribution in [3.8, 4) is 5.75 Å². The van der Waals surface area contributed by atoms with Crippen LogP contribution >= 0.6 is 11.6 Å². The van der Waals surface area contributed by atoms with Crippen LogP contribution in [0.25, 0.3) is 0 Å². The second kappa shape index (κ2) is 9.90. The lowest BCUT2D eigenvalue weighted by molar-refractivity contribution is -0.134.